The average molecular weight is 266 g/mol. The van der Waals surface area contributed by atoms with Crippen LogP contribution in [0.5, 0.6) is 5.75 Å². The number of urea groups is 1. The van der Waals surface area contributed by atoms with Gasteiger partial charge in [-0.25, -0.2) is 4.79 Å². The lowest BCUT2D eigenvalue weighted by Gasteiger charge is -2.19. The number of hydrogen-bond acceptors (Lipinski definition) is 3. The molecule has 2 N–H and O–H groups in total. The number of carboxylic acid groups (broad SMARTS) is 1. The predicted octanol–water partition coefficient (Wildman–Crippen LogP) is 1.31. The van der Waals surface area contributed by atoms with Crippen LogP contribution in [0, 0.1) is 0 Å². The third-order valence-corrected chi connectivity index (χ3v) is 2.62. The Morgan fingerprint density at radius 2 is 2.05 bits per heavy atom. The molecule has 1 rings (SSSR count). The van der Waals surface area contributed by atoms with E-state index < -0.39 is 12.0 Å². The van der Waals surface area contributed by atoms with Crippen LogP contribution in [0.4, 0.5) is 4.79 Å². The van der Waals surface area contributed by atoms with Crippen molar-refractivity contribution in [3.8, 4) is 5.75 Å². The maximum Gasteiger partial charge on any atom is 0.323 e. The molecule has 0 unspecified atom stereocenters. The Balaban J connectivity index is 2.60. The third-order valence-electron chi connectivity index (χ3n) is 2.62. The van der Waals surface area contributed by atoms with E-state index in [-0.39, 0.29) is 6.54 Å². The number of amides is 2. The number of carboxylic acids is 1. The predicted molar refractivity (Wildman–Crippen MR) is 70.1 cm³/mol. The van der Waals surface area contributed by atoms with Gasteiger partial charge in [0.1, 0.15) is 12.3 Å². The van der Waals surface area contributed by atoms with Gasteiger partial charge in [-0.2, -0.15) is 0 Å². The molecule has 0 atom stereocenters. The molecular formula is C13H18N2O4. The highest BCUT2D eigenvalue weighted by molar-refractivity contribution is 5.80. The van der Waals surface area contributed by atoms with E-state index in [1.165, 1.54) is 4.90 Å². The van der Waals surface area contributed by atoms with E-state index in [9.17, 15) is 9.59 Å². The van der Waals surface area contributed by atoms with Crippen molar-refractivity contribution < 1.29 is 19.4 Å². The molecule has 1 aromatic carbocycles. The summed E-state index contributed by atoms with van der Waals surface area (Å²) in [7, 11) is 1.56. The van der Waals surface area contributed by atoms with E-state index >= 15 is 0 Å². The van der Waals surface area contributed by atoms with Gasteiger partial charge < -0.3 is 20.1 Å². The molecule has 1 aromatic rings. The van der Waals surface area contributed by atoms with Gasteiger partial charge in [-0.1, -0.05) is 18.2 Å². The molecule has 6 nitrogen and oxygen atoms in total. The van der Waals surface area contributed by atoms with Gasteiger partial charge in [0.05, 0.1) is 7.11 Å². The fourth-order valence-corrected chi connectivity index (χ4v) is 1.62. The number of carbonyl (C=O) groups excluding carboxylic acids is 1. The number of carbonyl (C=O) groups is 2. The summed E-state index contributed by atoms with van der Waals surface area (Å²) in [6, 6.07) is 6.92. The molecule has 0 aromatic heterocycles. The minimum atomic E-state index is -1.03. The highest BCUT2D eigenvalue weighted by Crippen LogP contribution is 2.16. The van der Waals surface area contributed by atoms with E-state index in [2.05, 4.69) is 5.32 Å². The van der Waals surface area contributed by atoms with Crippen molar-refractivity contribution in [1.82, 2.24) is 10.2 Å². The van der Waals surface area contributed by atoms with Crippen LogP contribution in [0.3, 0.4) is 0 Å². The normalized spacial score (nSPS) is 9.79. The van der Waals surface area contributed by atoms with Crippen LogP contribution in [0.25, 0.3) is 0 Å². The molecule has 104 valence electrons. The Morgan fingerprint density at radius 1 is 1.37 bits per heavy atom. The fraction of sp³-hybridized carbons (Fsp3) is 0.385. The molecule has 0 radical (unpaired) electrons. The first-order valence-corrected chi connectivity index (χ1v) is 5.95. The second-order valence-corrected chi connectivity index (χ2v) is 3.88. The second kappa shape index (κ2) is 7.25. The highest BCUT2D eigenvalue weighted by Gasteiger charge is 2.14. The molecule has 0 aliphatic rings. The van der Waals surface area contributed by atoms with Gasteiger partial charge in [0.2, 0.25) is 0 Å². The molecule has 0 saturated heterocycles. The summed E-state index contributed by atoms with van der Waals surface area (Å²) in [5.41, 5.74) is 0.838. The SMILES string of the molecule is CCN(CC(=O)O)C(=O)NCc1ccccc1OC. The molecule has 0 heterocycles. The molecule has 0 spiro atoms. The van der Waals surface area contributed by atoms with Crippen molar-refractivity contribution in [2.24, 2.45) is 0 Å². The summed E-state index contributed by atoms with van der Waals surface area (Å²) in [6.07, 6.45) is 0. The summed E-state index contributed by atoms with van der Waals surface area (Å²) in [6.45, 7) is 2.04. The summed E-state index contributed by atoms with van der Waals surface area (Å²) < 4.78 is 5.17. The number of likely N-dealkylation sites (N-methyl/N-ethyl adjacent to an activating group) is 1. The van der Waals surface area contributed by atoms with Gasteiger partial charge in [0.25, 0.3) is 0 Å². The summed E-state index contributed by atoms with van der Waals surface area (Å²) in [5, 5.41) is 11.4. The largest absolute Gasteiger partial charge is 0.496 e. The number of rotatable bonds is 6. The van der Waals surface area contributed by atoms with Gasteiger partial charge in [-0.15, -0.1) is 0 Å². The zero-order valence-electron chi connectivity index (χ0n) is 11.0. The van der Waals surface area contributed by atoms with Crippen molar-refractivity contribution in [3.63, 3.8) is 0 Å². The number of nitrogens with one attached hydrogen (secondary N) is 1. The van der Waals surface area contributed by atoms with Gasteiger partial charge >= 0.3 is 12.0 Å². The summed E-state index contributed by atoms with van der Waals surface area (Å²) in [5.74, 6) is -0.349. The first-order valence-electron chi connectivity index (χ1n) is 5.95. The van der Waals surface area contributed by atoms with Crippen molar-refractivity contribution in [2.75, 3.05) is 20.2 Å². The Labute approximate surface area is 112 Å². The lowest BCUT2D eigenvalue weighted by atomic mass is 10.2. The van der Waals surface area contributed by atoms with Crippen LogP contribution in [0.1, 0.15) is 12.5 Å². The lowest BCUT2D eigenvalue weighted by Crippen LogP contribution is -2.42. The third kappa shape index (κ3) is 4.50. The number of para-hydroxylation sites is 1. The van der Waals surface area contributed by atoms with E-state index in [1.54, 1.807) is 20.1 Å². The monoisotopic (exact) mass is 266 g/mol. The quantitative estimate of drug-likeness (QED) is 0.813. The second-order valence-electron chi connectivity index (χ2n) is 3.88. The van der Waals surface area contributed by atoms with Crippen LogP contribution in [0.15, 0.2) is 24.3 Å². The first kappa shape index (κ1) is 14.8. The summed E-state index contributed by atoms with van der Waals surface area (Å²) in [4.78, 5) is 23.6. The van der Waals surface area contributed by atoms with E-state index in [4.69, 9.17) is 9.84 Å². The van der Waals surface area contributed by atoms with Crippen LogP contribution < -0.4 is 10.1 Å². The molecule has 0 bridgehead atoms. The maximum absolute atomic E-state index is 11.8. The number of nitrogens with zero attached hydrogens (tertiary/aromatic N) is 1. The topological polar surface area (TPSA) is 78.9 Å². The highest BCUT2D eigenvalue weighted by atomic mass is 16.5. The zero-order valence-corrected chi connectivity index (χ0v) is 11.0. The molecule has 19 heavy (non-hydrogen) atoms. The lowest BCUT2D eigenvalue weighted by molar-refractivity contribution is -0.137. The zero-order chi connectivity index (χ0) is 14.3. The smallest absolute Gasteiger partial charge is 0.323 e. The summed E-state index contributed by atoms with van der Waals surface area (Å²) >= 11 is 0. The maximum atomic E-state index is 11.8. The Kier molecular flexibility index (Phi) is 5.66. The Bertz CT molecular complexity index is 448. The van der Waals surface area contributed by atoms with Crippen LogP contribution in [0.2, 0.25) is 0 Å². The fourth-order valence-electron chi connectivity index (χ4n) is 1.62. The number of hydrogen-bond donors (Lipinski definition) is 2. The van der Waals surface area contributed by atoms with Gasteiger partial charge in [0.15, 0.2) is 0 Å². The number of ether oxygens (including phenoxy) is 1. The standard InChI is InChI=1S/C13H18N2O4/c1-3-15(9-12(16)17)13(18)14-8-10-6-4-5-7-11(10)19-2/h4-7H,3,8-9H2,1-2H3,(H,14,18)(H,16,17). The van der Waals surface area contributed by atoms with E-state index in [0.717, 1.165) is 5.56 Å². The molecule has 0 aliphatic carbocycles. The first-order chi connectivity index (χ1) is 9.08. The number of methoxy groups -OCH3 is 1. The number of aliphatic carboxylic acids is 1. The average Bonchev–Trinajstić information content (AvgIpc) is 2.42. The molecule has 0 saturated carbocycles. The molecular weight excluding hydrogens is 248 g/mol. The molecule has 0 fully saturated rings. The van der Waals surface area contributed by atoms with Crippen molar-refractivity contribution in [3.05, 3.63) is 29.8 Å². The molecule has 2 amide bonds. The van der Waals surface area contributed by atoms with E-state index in [0.29, 0.717) is 18.8 Å². The van der Waals surface area contributed by atoms with Crippen LogP contribution in [-0.4, -0.2) is 42.2 Å². The minimum Gasteiger partial charge on any atom is -0.496 e. The Hall–Kier alpha value is -2.24. The molecule has 6 heteroatoms. The van der Waals surface area contributed by atoms with Crippen LogP contribution in [-0.2, 0) is 11.3 Å². The molecule has 0 aliphatic heterocycles. The minimum absolute atomic E-state index is 0.291. The van der Waals surface area contributed by atoms with Gasteiger partial charge in [0, 0.05) is 18.7 Å². The van der Waals surface area contributed by atoms with Crippen molar-refractivity contribution in [1.29, 1.82) is 0 Å². The Morgan fingerprint density at radius 3 is 2.63 bits per heavy atom. The van der Waals surface area contributed by atoms with E-state index in [1.807, 2.05) is 18.2 Å². The van der Waals surface area contributed by atoms with Crippen molar-refractivity contribution >= 4 is 12.0 Å². The number of benzene rings is 1. The van der Waals surface area contributed by atoms with Crippen LogP contribution >= 0.6 is 0 Å². The van der Waals surface area contributed by atoms with Gasteiger partial charge in [-0.05, 0) is 13.0 Å². The van der Waals surface area contributed by atoms with Gasteiger partial charge in [-0.3, -0.25) is 4.79 Å². The van der Waals surface area contributed by atoms with Crippen molar-refractivity contribution in [2.45, 2.75) is 13.5 Å².